The molecular weight excluding hydrogens is 372 g/mol. The fourth-order valence-corrected chi connectivity index (χ4v) is 2.61. The summed E-state index contributed by atoms with van der Waals surface area (Å²) in [5.41, 5.74) is 2.20. The minimum atomic E-state index is -0.206. The number of benzene rings is 1. The Morgan fingerprint density at radius 2 is 1.97 bits per heavy atom. The van der Waals surface area contributed by atoms with Crippen LogP contribution in [0.25, 0.3) is 5.69 Å². The van der Waals surface area contributed by atoms with Crippen LogP contribution in [0.2, 0.25) is 0 Å². The first-order valence-corrected chi connectivity index (χ1v) is 8.91. The van der Waals surface area contributed by atoms with E-state index in [0.29, 0.717) is 23.1 Å². The van der Waals surface area contributed by atoms with E-state index in [2.05, 4.69) is 11.6 Å². The lowest BCUT2D eigenvalue weighted by Gasteiger charge is -2.13. The Kier molecular flexibility index (Phi) is 6.19. The molecule has 3 rings (SSSR count). The van der Waals surface area contributed by atoms with Gasteiger partial charge in [-0.2, -0.15) is 0 Å². The van der Waals surface area contributed by atoms with Crippen LogP contribution < -0.4 is 19.8 Å². The summed E-state index contributed by atoms with van der Waals surface area (Å²) < 4.78 is 17.9. The summed E-state index contributed by atoms with van der Waals surface area (Å²) >= 11 is 0. The number of pyridine rings is 2. The molecule has 0 bridgehead atoms. The van der Waals surface area contributed by atoms with Crippen molar-refractivity contribution in [1.82, 2.24) is 9.55 Å². The summed E-state index contributed by atoms with van der Waals surface area (Å²) in [7, 11) is 1.50. The topological polar surface area (TPSA) is 82.8 Å². The number of aliphatic hydroxyl groups is 1. The lowest BCUT2D eigenvalue weighted by atomic mass is 10.2. The highest BCUT2D eigenvalue weighted by Gasteiger charge is 2.09. The van der Waals surface area contributed by atoms with Gasteiger partial charge >= 0.3 is 0 Å². The number of aromatic nitrogens is 2. The predicted molar refractivity (Wildman–Crippen MR) is 109 cm³/mol. The van der Waals surface area contributed by atoms with Crippen molar-refractivity contribution < 1.29 is 19.3 Å². The summed E-state index contributed by atoms with van der Waals surface area (Å²) in [5, 5.41) is 9.18. The first-order chi connectivity index (χ1) is 14.0. The third-order valence-electron chi connectivity index (χ3n) is 4.07. The molecule has 0 aliphatic rings. The number of aryl methyl sites for hydroxylation is 1. The summed E-state index contributed by atoms with van der Waals surface area (Å²) in [6, 6.07) is 12.1. The zero-order valence-electron chi connectivity index (χ0n) is 16.3. The summed E-state index contributed by atoms with van der Waals surface area (Å²) in [4.78, 5) is 16.8. The molecule has 0 unspecified atom stereocenters. The smallest absolute Gasteiger partial charge is 0.255 e. The molecule has 1 aromatic carbocycles. The largest absolute Gasteiger partial charge is 0.509 e. The second-order valence-corrected chi connectivity index (χ2v) is 6.40. The molecule has 7 nitrogen and oxygen atoms in total. The fraction of sp³-hybridized carbons (Fsp3) is 0.182. The predicted octanol–water partition coefficient (Wildman–Crippen LogP) is 3.58. The van der Waals surface area contributed by atoms with Crippen LogP contribution in [0, 0.1) is 6.92 Å². The zero-order valence-corrected chi connectivity index (χ0v) is 16.3. The van der Waals surface area contributed by atoms with Gasteiger partial charge in [-0.3, -0.25) is 9.36 Å². The molecule has 0 aliphatic heterocycles. The van der Waals surface area contributed by atoms with Crippen LogP contribution in [-0.2, 0) is 6.61 Å². The molecule has 0 spiro atoms. The van der Waals surface area contributed by atoms with Crippen LogP contribution in [0.5, 0.6) is 17.4 Å². The Labute approximate surface area is 168 Å². The van der Waals surface area contributed by atoms with Gasteiger partial charge in [-0.1, -0.05) is 12.6 Å². The van der Waals surface area contributed by atoms with Crippen molar-refractivity contribution in [3.05, 3.63) is 88.7 Å². The molecule has 150 valence electrons. The van der Waals surface area contributed by atoms with Crippen LogP contribution in [0.4, 0.5) is 0 Å². The van der Waals surface area contributed by atoms with Gasteiger partial charge in [0.05, 0.1) is 12.8 Å². The van der Waals surface area contributed by atoms with Crippen molar-refractivity contribution in [2.45, 2.75) is 13.5 Å². The summed E-state index contributed by atoms with van der Waals surface area (Å²) in [6.07, 6.45) is 3.40. The number of nitrogens with zero attached hydrogens (tertiary/aromatic N) is 2. The minimum Gasteiger partial charge on any atom is -0.509 e. The summed E-state index contributed by atoms with van der Waals surface area (Å²) in [6.45, 7) is 5.53. The van der Waals surface area contributed by atoms with Crippen molar-refractivity contribution in [3.8, 4) is 23.1 Å². The third kappa shape index (κ3) is 5.16. The first kappa shape index (κ1) is 20.0. The normalized spacial score (nSPS) is 10.4. The number of ether oxygens (including phenoxy) is 3. The highest BCUT2D eigenvalue weighted by atomic mass is 16.5. The Morgan fingerprint density at radius 1 is 1.14 bits per heavy atom. The van der Waals surface area contributed by atoms with Crippen molar-refractivity contribution in [1.29, 1.82) is 0 Å². The number of aliphatic hydroxyl groups excluding tert-OH is 1. The molecule has 29 heavy (non-hydrogen) atoms. The third-order valence-corrected chi connectivity index (χ3v) is 4.07. The Balaban J connectivity index is 1.76. The van der Waals surface area contributed by atoms with E-state index in [1.165, 1.54) is 17.7 Å². The van der Waals surface area contributed by atoms with Crippen LogP contribution >= 0.6 is 0 Å². The van der Waals surface area contributed by atoms with Gasteiger partial charge in [0, 0.05) is 30.6 Å². The van der Waals surface area contributed by atoms with Crippen molar-refractivity contribution in [2.75, 3.05) is 13.7 Å². The minimum absolute atomic E-state index is 0.0415. The van der Waals surface area contributed by atoms with Crippen LogP contribution in [0.15, 0.2) is 72.0 Å². The van der Waals surface area contributed by atoms with E-state index in [9.17, 15) is 9.90 Å². The Hall–Kier alpha value is -3.74. The summed E-state index contributed by atoms with van der Waals surface area (Å²) in [5.74, 6) is 1.29. The van der Waals surface area contributed by atoms with Gasteiger partial charge in [0.25, 0.3) is 5.56 Å². The Morgan fingerprint density at radius 3 is 2.62 bits per heavy atom. The lowest BCUT2D eigenvalue weighted by molar-refractivity contribution is 0.261. The lowest BCUT2D eigenvalue weighted by Crippen LogP contribution is -2.18. The molecule has 0 fully saturated rings. The number of hydrogen-bond donors (Lipinski definition) is 1. The number of hydrogen-bond acceptors (Lipinski definition) is 6. The van der Waals surface area contributed by atoms with Crippen LogP contribution in [0.1, 0.15) is 11.1 Å². The maximum Gasteiger partial charge on any atom is 0.255 e. The van der Waals surface area contributed by atoms with Gasteiger partial charge in [0.2, 0.25) is 5.88 Å². The van der Waals surface area contributed by atoms with E-state index in [1.807, 2.05) is 19.1 Å². The molecule has 0 saturated heterocycles. The van der Waals surface area contributed by atoms with E-state index in [0.717, 1.165) is 11.1 Å². The molecule has 2 heterocycles. The highest BCUT2D eigenvalue weighted by molar-refractivity contribution is 5.49. The molecule has 2 aromatic heterocycles. The van der Waals surface area contributed by atoms with Crippen LogP contribution in [-0.4, -0.2) is 28.4 Å². The van der Waals surface area contributed by atoms with E-state index >= 15 is 0 Å². The monoisotopic (exact) mass is 394 g/mol. The SMILES string of the molecule is C=C(O)COc1ccc(-n2ccc(COc3ccc(C)cn3)cc2=O)cc1OC. The molecule has 0 radical (unpaired) electrons. The quantitative estimate of drug-likeness (QED) is 0.588. The zero-order chi connectivity index (χ0) is 20.8. The van der Waals surface area contributed by atoms with Gasteiger partial charge in [-0.05, 0) is 36.2 Å². The second-order valence-electron chi connectivity index (χ2n) is 6.40. The molecule has 0 saturated carbocycles. The van der Waals surface area contributed by atoms with Gasteiger partial charge in [0.15, 0.2) is 11.5 Å². The van der Waals surface area contributed by atoms with Gasteiger partial charge in [-0.25, -0.2) is 4.98 Å². The molecule has 0 atom stereocenters. The molecule has 7 heteroatoms. The van der Waals surface area contributed by atoms with Crippen molar-refractivity contribution in [2.24, 2.45) is 0 Å². The average Bonchev–Trinajstić information content (AvgIpc) is 2.72. The second kappa shape index (κ2) is 8.97. The average molecular weight is 394 g/mol. The molecular formula is C22H22N2O5. The maximum absolute atomic E-state index is 12.6. The fourth-order valence-electron chi connectivity index (χ4n) is 2.61. The van der Waals surface area contributed by atoms with E-state index in [1.54, 1.807) is 36.7 Å². The molecule has 0 aliphatic carbocycles. The first-order valence-electron chi connectivity index (χ1n) is 8.91. The molecule has 1 N–H and O–H groups in total. The van der Waals surface area contributed by atoms with Crippen molar-refractivity contribution >= 4 is 0 Å². The Bertz CT molecular complexity index is 1060. The number of rotatable bonds is 8. The van der Waals surface area contributed by atoms with Gasteiger partial charge < -0.3 is 19.3 Å². The van der Waals surface area contributed by atoms with E-state index < -0.39 is 0 Å². The van der Waals surface area contributed by atoms with E-state index in [-0.39, 0.29) is 24.5 Å². The maximum atomic E-state index is 12.6. The highest BCUT2D eigenvalue weighted by Crippen LogP contribution is 2.29. The van der Waals surface area contributed by atoms with Crippen molar-refractivity contribution in [3.63, 3.8) is 0 Å². The van der Waals surface area contributed by atoms with Crippen LogP contribution in [0.3, 0.4) is 0 Å². The standard InChI is InChI=1S/C22H22N2O5/c1-15-4-7-21(23-12-15)29-14-17-8-9-24(22(26)10-17)18-5-6-19(20(11-18)27-3)28-13-16(2)25/h4-12,25H,2,13-14H2,1,3H3. The van der Waals surface area contributed by atoms with Gasteiger partial charge in [0.1, 0.15) is 19.0 Å². The van der Waals surface area contributed by atoms with Gasteiger partial charge in [-0.15, -0.1) is 0 Å². The molecule has 0 amide bonds. The number of methoxy groups -OCH3 is 1. The molecule has 3 aromatic rings. The van der Waals surface area contributed by atoms with E-state index in [4.69, 9.17) is 14.2 Å².